The second-order valence-electron chi connectivity index (χ2n) is 7.73. The summed E-state index contributed by atoms with van der Waals surface area (Å²) in [5, 5.41) is 5.59. The molecule has 0 aliphatic carbocycles. The highest BCUT2D eigenvalue weighted by atomic mass is 35.5. The number of hydrazone groups is 1. The number of benzene rings is 3. The molecular weight excluding hydrogens is 497 g/mol. The second-order valence-corrected chi connectivity index (χ2v) is 8.98. The Bertz CT molecular complexity index is 1230. The van der Waals surface area contributed by atoms with Gasteiger partial charge in [-0.2, -0.15) is 5.10 Å². The van der Waals surface area contributed by atoms with Crippen molar-refractivity contribution in [2.24, 2.45) is 11.0 Å². The number of hydrogen-bond acceptors (Lipinski definition) is 4. The highest BCUT2D eigenvalue weighted by Crippen LogP contribution is 2.26. The summed E-state index contributed by atoms with van der Waals surface area (Å²) >= 11 is 17.9. The molecule has 0 unspecified atom stereocenters. The predicted molar refractivity (Wildman–Crippen MR) is 135 cm³/mol. The van der Waals surface area contributed by atoms with Crippen molar-refractivity contribution >= 4 is 58.5 Å². The van der Waals surface area contributed by atoms with E-state index in [1.54, 1.807) is 47.4 Å². The van der Waals surface area contributed by atoms with Crippen LogP contribution >= 0.6 is 34.8 Å². The molecule has 2 amide bonds. The predicted octanol–water partition coefficient (Wildman–Crippen LogP) is 5.73. The molecule has 34 heavy (non-hydrogen) atoms. The van der Waals surface area contributed by atoms with Crippen molar-refractivity contribution in [2.75, 3.05) is 11.4 Å². The lowest BCUT2D eigenvalue weighted by Crippen LogP contribution is -2.30. The molecule has 0 spiro atoms. The van der Waals surface area contributed by atoms with Crippen molar-refractivity contribution in [1.82, 2.24) is 5.43 Å². The Morgan fingerprint density at radius 3 is 2.62 bits per heavy atom. The lowest BCUT2D eigenvalue weighted by molar-refractivity contribution is -0.126. The average molecular weight is 517 g/mol. The van der Waals surface area contributed by atoms with Gasteiger partial charge in [0.25, 0.3) is 0 Å². The molecule has 3 aromatic rings. The van der Waals surface area contributed by atoms with Gasteiger partial charge in [0.2, 0.25) is 11.8 Å². The lowest BCUT2D eigenvalue weighted by atomic mass is 10.1. The maximum absolute atomic E-state index is 12.5. The SMILES string of the molecule is O=C(N/N=C\c1cccc(OCc2ccc(Cl)c(Cl)c2)c1)[C@H]1CC(=O)N(c2ccc(Cl)cc2)C1. The number of amides is 2. The number of ether oxygens (including phenoxy) is 1. The largest absolute Gasteiger partial charge is 0.489 e. The Balaban J connectivity index is 1.30. The summed E-state index contributed by atoms with van der Waals surface area (Å²) in [6.07, 6.45) is 1.65. The topological polar surface area (TPSA) is 71.0 Å². The lowest BCUT2D eigenvalue weighted by Gasteiger charge is -2.16. The first-order valence-electron chi connectivity index (χ1n) is 10.4. The minimum absolute atomic E-state index is 0.113. The highest BCUT2D eigenvalue weighted by molar-refractivity contribution is 6.42. The third kappa shape index (κ3) is 6.08. The van der Waals surface area contributed by atoms with Gasteiger partial charge in [0.15, 0.2) is 0 Å². The standard InChI is InChI=1S/C25H20Cl3N3O3/c26-19-5-7-20(8-6-19)31-14-18(12-24(31)32)25(33)30-29-13-16-2-1-3-21(10-16)34-15-17-4-9-22(27)23(28)11-17/h1-11,13,18H,12,14-15H2,(H,30,33)/b29-13-/t18-/m0/s1. The Morgan fingerprint density at radius 2 is 1.85 bits per heavy atom. The summed E-state index contributed by atoms with van der Waals surface area (Å²) in [7, 11) is 0. The summed E-state index contributed by atoms with van der Waals surface area (Å²) in [5.41, 5.74) is 4.88. The molecule has 1 aliphatic rings. The molecule has 9 heteroatoms. The normalized spacial score (nSPS) is 15.7. The van der Waals surface area contributed by atoms with Crippen LogP contribution in [0.25, 0.3) is 0 Å². The van der Waals surface area contributed by atoms with E-state index < -0.39 is 5.92 Å². The van der Waals surface area contributed by atoms with Gasteiger partial charge in [0.05, 0.1) is 22.2 Å². The van der Waals surface area contributed by atoms with Gasteiger partial charge in [-0.05, 0) is 59.7 Å². The highest BCUT2D eigenvalue weighted by Gasteiger charge is 2.35. The molecule has 1 heterocycles. The smallest absolute Gasteiger partial charge is 0.245 e. The molecule has 1 aliphatic heterocycles. The van der Waals surface area contributed by atoms with Crippen molar-refractivity contribution in [1.29, 1.82) is 0 Å². The van der Waals surface area contributed by atoms with Crippen molar-refractivity contribution in [3.05, 3.63) is 92.9 Å². The fourth-order valence-electron chi connectivity index (χ4n) is 3.50. The summed E-state index contributed by atoms with van der Waals surface area (Å²) in [4.78, 5) is 26.5. The molecule has 1 saturated heterocycles. The Labute approximate surface area is 212 Å². The maximum atomic E-state index is 12.5. The van der Waals surface area contributed by atoms with E-state index in [1.807, 2.05) is 24.3 Å². The number of nitrogens with one attached hydrogen (secondary N) is 1. The quantitative estimate of drug-likeness (QED) is 0.322. The van der Waals surface area contributed by atoms with Crippen LogP contribution in [0.2, 0.25) is 15.1 Å². The van der Waals surface area contributed by atoms with Crippen molar-refractivity contribution in [3.8, 4) is 5.75 Å². The minimum Gasteiger partial charge on any atom is -0.489 e. The molecular formula is C25H20Cl3N3O3. The molecule has 0 bridgehead atoms. The Morgan fingerprint density at radius 1 is 1.06 bits per heavy atom. The van der Waals surface area contributed by atoms with E-state index in [4.69, 9.17) is 39.5 Å². The van der Waals surface area contributed by atoms with Crippen LogP contribution in [0.4, 0.5) is 5.69 Å². The van der Waals surface area contributed by atoms with Gasteiger partial charge < -0.3 is 9.64 Å². The zero-order chi connectivity index (χ0) is 24.1. The van der Waals surface area contributed by atoms with Gasteiger partial charge in [0.1, 0.15) is 12.4 Å². The average Bonchev–Trinajstić information content (AvgIpc) is 3.22. The number of rotatable bonds is 7. The molecule has 3 aromatic carbocycles. The molecule has 0 radical (unpaired) electrons. The Kier molecular flexibility index (Phi) is 7.73. The van der Waals surface area contributed by atoms with Crippen LogP contribution in [-0.4, -0.2) is 24.6 Å². The molecule has 4 rings (SSSR count). The molecule has 1 atom stereocenters. The van der Waals surface area contributed by atoms with Crippen LogP contribution in [0.3, 0.4) is 0 Å². The fourth-order valence-corrected chi connectivity index (χ4v) is 3.94. The van der Waals surface area contributed by atoms with E-state index in [0.29, 0.717) is 39.7 Å². The van der Waals surface area contributed by atoms with Gasteiger partial charge in [-0.1, -0.05) is 53.0 Å². The van der Waals surface area contributed by atoms with E-state index in [9.17, 15) is 9.59 Å². The number of hydrogen-bond donors (Lipinski definition) is 1. The second kappa shape index (κ2) is 10.9. The van der Waals surface area contributed by atoms with Crippen molar-refractivity contribution in [3.63, 3.8) is 0 Å². The zero-order valence-corrected chi connectivity index (χ0v) is 20.1. The first-order valence-corrected chi connectivity index (χ1v) is 11.6. The maximum Gasteiger partial charge on any atom is 0.245 e. The first kappa shape index (κ1) is 24.1. The van der Waals surface area contributed by atoms with Crippen molar-refractivity contribution < 1.29 is 14.3 Å². The Hall–Kier alpha value is -3.06. The van der Waals surface area contributed by atoms with E-state index in [1.165, 1.54) is 6.21 Å². The number of anilines is 1. The first-order chi connectivity index (χ1) is 16.4. The van der Waals surface area contributed by atoms with Crippen LogP contribution in [0.5, 0.6) is 5.75 Å². The van der Waals surface area contributed by atoms with Gasteiger partial charge >= 0.3 is 0 Å². The van der Waals surface area contributed by atoms with Crippen LogP contribution < -0.4 is 15.1 Å². The molecule has 0 aromatic heterocycles. The van der Waals surface area contributed by atoms with Gasteiger partial charge in [-0.15, -0.1) is 0 Å². The number of nitrogens with zero attached hydrogens (tertiary/aromatic N) is 2. The molecule has 6 nitrogen and oxygen atoms in total. The van der Waals surface area contributed by atoms with E-state index in [2.05, 4.69) is 10.5 Å². The van der Waals surface area contributed by atoms with Crippen LogP contribution in [-0.2, 0) is 16.2 Å². The molecule has 0 saturated carbocycles. The van der Waals surface area contributed by atoms with Gasteiger partial charge in [0, 0.05) is 23.7 Å². The monoisotopic (exact) mass is 515 g/mol. The third-order valence-corrected chi connectivity index (χ3v) is 6.26. The molecule has 174 valence electrons. The van der Waals surface area contributed by atoms with Crippen molar-refractivity contribution in [2.45, 2.75) is 13.0 Å². The zero-order valence-electron chi connectivity index (χ0n) is 17.9. The van der Waals surface area contributed by atoms with E-state index in [-0.39, 0.29) is 18.2 Å². The van der Waals surface area contributed by atoms with Crippen LogP contribution in [0.15, 0.2) is 71.8 Å². The van der Waals surface area contributed by atoms with Gasteiger partial charge in [-0.3, -0.25) is 9.59 Å². The van der Waals surface area contributed by atoms with Gasteiger partial charge in [-0.25, -0.2) is 5.43 Å². The summed E-state index contributed by atoms with van der Waals surface area (Å²) in [6.45, 7) is 0.619. The van der Waals surface area contributed by atoms with E-state index in [0.717, 1.165) is 11.1 Å². The van der Waals surface area contributed by atoms with Crippen LogP contribution in [0, 0.1) is 5.92 Å². The summed E-state index contributed by atoms with van der Waals surface area (Å²) in [6, 6.07) is 19.6. The summed E-state index contributed by atoms with van der Waals surface area (Å²) < 4.78 is 5.81. The van der Waals surface area contributed by atoms with E-state index >= 15 is 0 Å². The number of carbonyl (C=O) groups is 2. The fraction of sp³-hybridized carbons (Fsp3) is 0.160. The number of carbonyl (C=O) groups excluding carboxylic acids is 2. The number of halogens is 3. The van der Waals surface area contributed by atoms with Crippen LogP contribution in [0.1, 0.15) is 17.5 Å². The summed E-state index contributed by atoms with van der Waals surface area (Å²) in [5.74, 6) is -0.270. The molecule has 1 N–H and O–H groups in total. The third-order valence-electron chi connectivity index (χ3n) is 5.27. The minimum atomic E-state index is -0.485. The molecule has 1 fully saturated rings.